The van der Waals surface area contributed by atoms with Crippen molar-refractivity contribution in [2.45, 2.75) is 6.54 Å². The summed E-state index contributed by atoms with van der Waals surface area (Å²) in [4.78, 5) is 21.3. The van der Waals surface area contributed by atoms with Crippen LogP contribution in [-0.4, -0.2) is 22.1 Å². The molecular formula is C20H18N4O2. The van der Waals surface area contributed by atoms with Crippen LogP contribution in [0.25, 0.3) is 22.2 Å². The molecule has 2 aromatic carbocycles. The Morgan fingerprint density at radius 1 is 1.00 bits per heavy atom. The molecule has 0 spiro atoms. The molecule has 0 radical (unpaired) electrons. The fraction of sp³-hybridized carbons (Fsp3) is 0.100. The van der Waals surface area contributed by atoms with Crippen molar-refractivity contribution in [1.82, 2.24) is 15.0 Å². The van der Waals surface area contributed by atoms with Crippen LogP contribution < -0.4 is 15.7 Å². The Balaban J connectivity index is 1.56. The minimum atomic E-state index is -0.202. The van der Waals surface area contributed by atoms with Gasteiger partial charge in [-0.05, 0) is 41.5 Å². The number of methoxy groups -OCH3 is 1. The second-order valence-electron chi connectivity index (χ2n) is 6.01. The zero-order valence-electron chi connectivity index (χ0n) is 14.2. The summed E-state index contributed by atoms with van der Waals surface area (Å²) in [6.45, 7) is 0.650. The van der Waals surface area contributed by atoms with Crippen molar-refractivity contribution in [1.29, 1.82) is 0 Å². The molecule has 0 bridgehead atoms. The number of fused-ring (bicyclic) bond motifs is 1. The van der Waals surface area contributed by atoms with Crippen LogP contribution in [0, 0.1) is 0 Å². The molecule has 0 unspecified atom stereocenters. The molecular weight excluding hydrogens is 328 g/mol. The third-order valence-corrected chi connectivity index (χ3v) is 4.21. The zero-order valence-corrected chi connectivity index (χ0v) is 14.2. The van der Waals surface area contributed by atoms with E-state index < -0.39 is 0 Å². The molecule has 6 heteroatoms. The third kappa shape index (κ3) is 3.30. The first-order valence-corrected chi connectivity index (χ1v) is 8.25. The number of aromatic nitrogens is 3. The van der Waals surface area contributed by atoms with Crippen molar-refractivity contribution in [2.75, 3.05) is 12.4 Å². The summed E-state index contributed by atoms with van der Waals surface area (Å²) in [5, 5.41) is 3.37. The highest BCUT2D eigenvalue weighted by atomic mass is 16.5. The van der Waals surface area contributed by atoms with Crippen molar-refractivity contribution in [3.8, 4) is 16.9 Å². The highest BCUT2D eigenvalue weighted by Gasteiger charge is 2.04. The van der Waals surface area contributed by atoms with Crippen LogP contribution in [0.2, 0.25) is 0 Å². The van der Waals surface area contributed by atoms with E-state index in [1.165, 1.54) is 0 Å². The summed E-state index contributed by atoms with van der Waals surface area (Å²) in [6.07, 6.45) is 3.66. The molecule has 4 aromatic rings. The lowest BCUT2D eigenvalue weighted by Crippen LogP contribution is -2.00. The Bertz CT molecular complexity index is 1110. The molecule has 0 amide bonds. The summed E-state index contributed by atoms with van der Waals surface area (Å²) in [5.74, 6) is 0.815. The fourth-order valence-electron chi connectivity index (χ4n) is 2.89. The summed E-state index contributed by atoms with van der Waals surface area (Å²) < 4.78 is 5.24. The summed E-state index contributed by atoms with van der Waals surface area (Å²) in [5.41, 5.74) is 5.43. The summed E-state index contributed by atoms with van der Waals surface area (Å²) in [6, 6.07) is 15.7. The van der Waals surface area contributed by atoms with E-state index in [1.54, 1.807) is 7.11 Å². The maximum Gasteiger partial charge on any atom is 0.323 e. The van der Waals surface area contributed by atoms with E-state index in [0.717, 1.165) is 39.2 Å². The average Bonchev–Trinajstić information content (AvgIpc) is 3.06. The van der Waals surface area contributed by atoms with Gasteiger partial charge in [0.1, 0.15) is 5.75 Å². The smallest absolute Gasteiger partial charge is 0.323 e. The number of ether oxygens (including phenoxy) is 1. The largest absolute Gasteiger partial charge is 0.497 e. The van der Waals surface area contributed by atoms with Gasteiger partial charge in [-0.3, -0.25) is 4.98 Å². The molecule has 130 valence electrons. The standard InChI is InChI=1S/C20H18N4O2/c1-26-17-4-2-3-16(9-17)22-11-13-7-15(12-21-10-13)14-5-6-18-19(8-14)24-20(25)23-18/h2-10,12,22H,11H2,1H3,(H2,23,24,25). The molecule has 0 saturated heterocycles. The Labute approximate surface area is 149 Å². The van der Waals surface area contributed by atoms with Gasteiger partial charge in [-0.2, -0.15) is 0 Å². The third-order valence-electron chi connectivity index (χ3n) is 4.21. The van der Waals surface area contributed by atoms with Crippen LogP contribution in [-0.2, 0) is 6.54 Å². The van der Waals surface area contributed by atoms with E-state index in [9.17, 15) is 4.79 Å². The number of nitrogens with one attached hydrogen (secondary N) is 3. The minimum Gasteiger partial charge on any atom is -0.497 e. The van der Waals surface area contributed by atoms with Gasteiger partial charge in [-0.15, -0.1) is 0 Å². The molecule has 0 saturated carbocycles. The van der Waals surface area contributed by atoms with Crippen molar-refractivity contribution >= 4 is 16.7 Å². The van der Waals surface area contributed by atoms with Crippen molar-refractivity contribution in [3.63, 3.8) is 0 Å². The van der Waals surface area contributed by atoms with Gasteiger partial charge in [0.15, 0.2) is 0 Å². The molecule has 2 heterocycles. The van der Waals surface area contributed by atoms with Gasteiger partial charge < -0.3 is 20.0 Å². The van der Waals surface area contributed by atoms with Gasteiger partial charge in [0, 0.05) is 36.3 Å². The Morgan fingerprint density at radius 3 is 2.77 bits per heavy atom. The van der Waals surface area contributed by atoms with Crippen LogP contribution in [0.5, 0.6) is 5.75 Å². The van der Waals surface area contributed by atoms with Gasteiger partial charge in [0.25, 0.3) is 0 Å². The molecule has 0 aliphatic rings. The number of hydrogen-bond donors (Lipinski definition) is 3. The van der Waals surface area contributed by atoms with Crippen LogP contribution in [0.15, 0.2) is 65.7 Å². The van der Waals surface area contributed by atoms with Crippen molar-refractivity contribution in [3.05, 3.63) is 77.0 Å². The zero-order chi connectivity index (χ0) is 17.9. The molecule has 26 heavy (non-hydrogen) atoms. The maximum atomic E-state index is 11.4. The topological polar surface area (TPSA) is 82.8 Å². The molecule has 3 N–H and O–H groups in total. The van der Waals surface area contributed by atoms with E-state index in [0.29, 0.717) is 6.54 Å². The van der Waals surface area contributed by atoms with Crippen LogP contribution >= 0.6 is 0 Å². The molecule has 6 nitrogen and oxygen atoms in total. The molecule has 0 aliphatic carbocycles. The fourth-order valence-corrected chi connectivity index (χ4v) is 2.89. The second kappa shape index (κ2) is 6.76. The molecule has 0 fully saturated rings. The quantitative estimate of drug-likeness (QED) is 0.516. The highest BCUT2D eigenvalue weighted by molar-refractivity contribution is 5.81. The van der Waals surface area contributed by atoms with Gasteiger partial charge >= 0.3 is 5.69 Å². The van der Waals surface area contributed by atoms with E-state index >= 15 is 0 Å². The molecule has 0 aliphatic heterocycles. The predicted molar refractivity (Wildman–Crippen MR) is 102 cm³/mol. The molecule has 4 rings (SSSR count). The van der Waals surface area contributed by atoms with E-state index in [-0.39, 0.29) is 5.69 Å². The highest BCUT2D eigenvalue weighted by Crippen LogP contribution is 2.23. The lowest BCUT2D eigenvalue weighted by molar-refractivity contribution is 0.415. The SMILES string of the molecule is COc1cccc(NCc2cncc(-c3ccc4[nH]c(=O)[nH]c4c3)c2)c1. The summed E-state index contributed by atoms with van der Waals surface area (Å²) in [7, 11) is 1.65. The number of pyridine rings is 1. The minimum absolute atomic E-state index is 0.202. The predicted octanol–water partition coefficient (Wildman–Crippen LogP) is 3.54. The van der Waals surface area contributed by atoms with Gasteiger partial charge in [-0.1, -0.05) is 12.1 Å². The van der Waals surface area contributed by atoms with Gasteiger partial charge in [-0.25, -0.2) is 4.79 Å². The Kier molecular flexibility index (Phi) is 4.15. The number of hydrogen-bond acceptors (Lipinski definition) is 4. The Hall–Kier alpha value is -3.54. The lowest BCUT2D eigenvalue weighted by atomic mass is 10.1. The monoisotopic (exact) mass is 346 g/mol. The second-order valence-corrected chi connectivity index (χ2v) is 6.01. The van der Waals surface area contributed by atoms with Crippen LogP contribution in [0.4, 0.5) is 5.69 Å². The van der Waals surface area contributed by atoms with E-state index in [2.05, 4.69) is 26.3 Å². The average molecular weight is 346 g/mol. The lowest BCUT2D eigenvalue weighted by Gasteiger charge is -2.09. The van der Waals surface area contributed by atoms with Gasteiger partial charge in [0.2, 0.25) is 0 Å². The molecule has 2 aromatic heterocycles. The number of nitrogens with zero attached hydrogens (tertiary/aromatic N) is 1. The van der Waals surface area contributed by atoms with E-state index in [4.69, 9.17) is 4.74 Å². The van der Waals surface area contributed by atoms with Crippen molar-refractivity contribution in [2.24, 2.45) is 0 Å². The summed E-state index contributed by atoms with van der Waals surface area (Å²) >= 11 is 0. The first-order valence-electron chi connectivity index (χ1n) is 8.25. The molecule has 0 atom stereocenters. The Morgan fingerprint density at radius 2 is 1.88 bits per heavy atom. The maximum absolute atomic E-state index is 11.4. The van der Waals surface area contributed by atoms with Crippen molar-refractivity contribution < 1.29 is 4.74 Å². The van der Waals surface area contributed by atoms with E-state index in [1.807, 2.05) is 54.9 Å². The number of rotatable bonds is 5. The number of aromatic amines is 2. The first-order chi connectivity index (χ1) is 12.7. The normalized spacial score (nSPS) is 10.8. The first kappa shape index (κ1) is 16.0. The van der Waals surface area contributed by atoms with Crippen LogP contribution in [0.1, 0.15) is 5.56 Å². The number of H-pyrrole nitrogens is 2. The number of benzene rings is 2. The van der Waals surface area contributed by atoms with Crippen LogP contribution in [0.3, 0.4) is 0 Å². The van der Waals surface area contributed by atoms with Gasteiger partial charge in [0.05, 0.1) is 18.1 Å². The number of anilines is 1. The number of imidazole rings is 1.